The van der Waals surface area contributed by atoms with E-state index in [1.54, 1.807) is 42.7 Å². The zero-order valence-corrected chi connectivity index (χ0v) is 29.0. The number of aromatic nitrogens is 4. The van der Waals surface area contributed by atoms with Gasteiger partial charge in [0.25, 0.3) is 0 Å². The number of anilines is 2. The summed E-state index contributed by atoms with van der Waals surface area (Å²) in [6.07, 6.45) is 2.75. The van der Waals surface area contributed by atoms with Crippen LogP contribution in [0.2, 0.25) is 0 Å². The molecule has 0 fully saturated rings. The summed E-state index contributed by atoms with van der Waals surface area (Å²) in [5.41, 5.74) is 15.1. The van der Waals surface area contributed by atoms with Crippen molar-refractivity contribution in [1.29, 1.82) is 0 Å². The van der Waals surface area contributed by atoms with Gasteiger partial charge in [0.2, 0.25) is 11.8 Å². The fourth-order valence-corrected chi connectivity index (χ4v) is 5.42. The zero-order valence-electron chi connectivity index (χ0n) is 29.0. The van der Waals surface area contributed by atoms with Crippen LogP contribution in [0.25, 0.3) is 45.4 Å². The van der Waals surface area contributed by atoms with E-state index >= 15 is 0 Å². The molecule has 0 radical (unpaired) electrons. The van der Waals surface area contributed by atoms with Gasteiger partial charge < -0.3 is 24.4 Å². The maximum Gasteiger partial charge on any atom is 0.417 e. The third-order valence-corrected chi connectivity index (χ3v) is 7.53. The van der Waals surface area contributed by atoms with Crippen LogP contribution in [0, 0.1) is 27.7 Å². The number of aromatic hydroxyl groups is 1. The molecule has 0 aliphatic carbocycles. The second kappa shape index (κ2) is 15.7. The molecule has 4 N–H and O–H groups in total. The molecule has 260 valence electrons. The van der Waals surface area contributed by atoms with Gasteiger partial charge in [-0.3, -0.25) is 5.32 Å². The molecular weight excluding hydrogens is 656 g/mol. The van der Waals surface area contributed by atoms with Crippen molar-refractivity contribution in [3.8, 4) is 34.4 Å². The molecule has 0 saturated heterocycles. The van der Waals surface area contributed by atoms with Crippen LogP contribution in [0.4, 0.5) is 16.2 Å². The predicted octanol–water partition coefficient (Wildman–Crippen LogP) is 9.60. The Morgan fingerprint density at radius 1 is 0.654 bits per heavy atom. The van der Waals surface area contributed by atoms with Crippen LogP contribution in [0.3, 0.4) is 0 Å². The first-order valence-corrected chi connectivity index (χ1v) is 16.3. The molecule has 1 amide bonds. The van der Waals surface area contributed by atoms with E-state index in [-0.39, 0.29) is 0 Å². The first-order chi connectivity index (χ1) is 25.1. The average molecular weight is 693 g/mol. The molecule has 0 bridgehead atoms. The number of amides is 1. The molecule has 0 saturated carbocycles. The van der Waals surface area contributed by atoms with Gasteiger partial charge in [0.05, 0.1) is 16.8 Å². The summed E-state index contributed by atoms with van der Waals surface area (Å²) < 4.78 is 16.8. The van der Waals surface area contributed by atoms with Crippen LogP contribution in [-0.2, 0) is 0 Å². The number of pyridine rings is 2. The van der Waals surface area contributed by atoms with Crippen molar-refractivity contribution in [2.45, 2.75) is 27.7 Å². The molecule has 52 heavy (non-hydrogen) atoms. The van der Waals surface area contributed by atoms with Crippen LogP contribution in [0.1, 0.15) is 22.3 Å². The van der Waals surface area contributed by atoms with Crippen molar-refractivity contribution >= 4 is 39.9 Å². The van der Waals surface area contributed by atoms with Crippen molar-refractivity contribution in [3.05, 3.63) is 144 Å². The average Bonchev–Trinajstić information content (AvgIpc) is 3.73. The summed E-state index contributed by atoms with van der Waals surface area (Å²) in [5, 5.41) is 11.8. The van der Waals surface area contributed by atoms with E-state index in [1.165, 1.54) is 0 Å². The minimum Gasteiger partial charge on any atom is -0.508 e. The lowest BCUT2D eigenvalue weighted by Gasteiger charge is -2.10. The monoisotopic (exact) mass is 692 g/mol. The summed E-state index contributed by atoms with van der Waals surface area (Å²) >= 11 is 0. The molecular formula is C41H36N6O5. The number of carbonyl (C=O) groups is 1. The number of hydrogen-bond donors (Lipinski definition) is 3. The lowest BCUT2D eigenvalue weighted by Crippen LogP contribution is -2.17. The Kier molecular flexibility index (Phi) is 10.5. The number of nitrogens with two attached hydrogens (primary N) is 1. The highest BCUT2D eigenvalue weighted by Gasteiger charge is 2.15. The van der Waals surface area contributed by atoms with E-state index in [0.29, 0.717) is 62.7 Å². The van der Waals surface area contributed by atoms with Crippen molar-refractivity contribution in [2.75, 3.05) is 11.1 Å². The van der Waals surface area contributed by atoms with Crippen molar-refractivity contribution in [1.82, 2.24) is 19.9 Å². The number of aryl methyl sites for hydroxylation is 4. The van der Waals surface area contributed by atoms with E-state index < -0.39 is 6.09 Å². The minimum absolute atomic E-state index is 0.354. The van der Waals surface area contributed by atoms with Gasteiger partial charge in [-0.25, -0.2) is 14.8 Å². The molecule has 0 unspecified atom stereocenters. The number of benzene rings is 4. The van der Waals surface area contributed by atoms with E-state index in [1.807, 2.05) is 107 Å². The number of rotatable bonds is 4. The number of phenolic OH excluding ortho intramolecular Hbond substituents is 1. The van der Waals surface area contributed by atoms with Crippen LogP contribution in [-0.4, -0.2) is 31.1 Å². The third kappa shape index (κ3) is 8.77. The molecule has 11 nitrogen and oxygen atoms in total. The first kappa shape index (κ1) is 34.8. The number of carbonyl (C=O) groups excluding carboxylic acids is 1. The standard InChI is InChI=1S/C21H17N3O3.C12H9N3O.C8H10O/c1-13-10-14(2)12-15(11-13)26-21(25)23-17-7-4-3-6-16(17)20-24-19-18(27-20)8-5-9-22-19;13-9-5-2-1-4-8(9)12-15-11-10(16-12)6-3-7-14-11;1-6-3-7(2)5-8(9)4-6/h3-12H,1-2H3,(H,23,25);1-7H,13H2;3-5,9H,1-2H3. The number of para-hydroxylation sites is 2. The molecule has 4 aromatic carbocycles. The fourth-order valence-electron chi connectivity index (χ4n) is 5.42. The SMILES string of the molecule is Cc1cc(C)cc(O)c1.Cc1cc(C)cc(OC(=O)Nc2ccccc2-c2nc3ncccc3o2)c1.Nc1ccccc1-c1nc2ncccc2o1. The normalized spacial score (nSPS) is 10.5. The molecule has 8 rings (SSSR count). The zero-order chi connectivity index (χ0) is 36.6. The lowest BCUT2D eigenvalue weighted by atomic mass is 10.1. The third-order valence-electron chi connectivity index (χ3n) is 7.53. The Hall–Kier alpha value is -7.01. The molecule has 4 heterocycles. The highest BCUT2D eigenvalue weighted by atomic mass is 16.6. The van der Waals surface area contributed by atoms with Crippen molar-refractivity contribution < 1.29 is 23.5 Å². The van der Waals surface area contributed by atoms with Crippen LogP contribution >= 0.6 is 0 Å². The Balaban J connectivity index is 0.000000155. The Bertz CT molecular complexity index is 2350. The second-order valence-corrected chi connectivity index (χ2v) is 12.0. The van der Waals surface area contributed by atoms with Crippen LogP contribution in [0.15, 0.2) is 130 Å². The van der Waals surface area contributed by atoms with E-state index in [9.17, 15) is 4.79 Å². The Labute approximate surface area is 299 Å². The Morgan fingerprint density at radius 3 is 1.69 bits per heavy atom. The summed E-state index contributed by atoms with van der Waals surface area (Å²) in [6.45, 7) is 7.84. The smallest absolute Gasteiger partial charge is 0.417 e. The number of hydrogen-bond acceptors (Lipinski definition) is 10. The highest BCUT2D eigenvalue weighted by Crippen LogP contribution is 2.30. The number of oxazole rings is 2. The van der Waals surface area contributed by atoms with Crippen molar-refractivity contribution in [3.63, 3.8) is 0 Å². The van der Waals surface area contributed by atoms with Crippen LogP contribution in [0.5, 0.6) is 11.5 Å². The van der Waals surface area contributed by atoms with E-state index in [4.69, 9.17) is 24.4 Å². The number of ether oxygens (including phenoxy) is 1. The number of phenols is 1. The van der Waals surface area contributed by atoms with E-state index in [2.05, 4.69) is 25.3 Å². The number of nitrogen functional groups attached to an aromatic ring is 1. The lowest BCUT2D eigenvalue weighted by molar-refractivity contribution is 0.215. The van der Waals surface area contributed by atoms with Gasteiger partial charge in [0.15, 0.2) is 22.5 Å². The minimum atomic E-state index is -0.582. The van der Waals surface area contributed by atoms with Gasteiger partial charge in [0.1, 0.15) is 11.5 Å². The number of nitrogens with zero attached hydrogens (tertiary/aromatic N) is 4. The van der Waals surface area contributed by atoms with Gasteiger partial charge >= 0.3 is 6.09 Å². The maximum atomic E-state index is 12.4. The largest absolute Gasteiger partial charge is 0.508 e. The summed E-state index contributed by atoms with van der Waals surface area (Å²) in [4.78, 5) is 29.3. The topological polar surface area (TPSA) is 162 Å². The van der Waals surface area contributed by atoms with Gasteiger partial charge in [-0.15, -0.1) is 0 Å². The predicted molar refractivity (Wildman–Crippen MR) is 202 cm³/mol. The highest BCUT2D eigenvalue weighted by molar-refractivity contribution is 5.92. The van der Waals surface area contributed by atoms with Crippen molar-refractivity contribution in [2.24, 2.45) is 0 Å². The van der Waals surface area contributed by atoms with Gasteiger partial charge in [-0.2, -0.15) is 9.97 Å². The molecule has 4 aromatic heterocycles. The van der Waals surface area contributed by atoms with Crippen LogP contribution < -0.4 is 15.8 Å². The number of fused-ring (bicyclic) bond motifs is 2. The second-order valence-electron chi connectivity index (χ2n) is 12.0. The number of nitrogens with one attached hydrogen (secondary N) is 1. The van der Waals surface area contributed by atoms with Gasteiger partial charge in [0, 0.05) is 18.1 Å². The van der Waals surface area contributed by atoms with Gasteiger partial charge in [-0.05, 0) is 123 Å². The summed E-state index contributed by atoms with van der Waals surface area (Å²) in [7, 11) is 0. The fraction of sp³-hybridized carbons (Fsp3) is 0.0976. The van der Waals surface area contributed by atoms with E-state index in [0.717, 1.165) is 27.8 Å². The molecule has 0 atom stereocenters. The summed E-state index contributed by atoms with van der Waals surface area (Å²) in [5.74, 6) is 1.74. The molecule has 0 aliphatic rings. The summed E-state index contributed by atoms with van der Waals surface area (Å²) in [6, 6.07) is 33.1. The Morgan fingerprint density at radius 2 is 1.15 bits per heavy atom. The first-order valence-electron chi connectivity index (χ1n) is 16.3. The molecule has 0 spiro atoms. The molecule has 11 heteroatoms. The molecule has 8 aromatic rings. The maximum absolute atomic E-state index is 12.4. The molecule has 0 aliphatic heterocycles. The van der Waals surface area contributed by atoms with Gasteiger partial charge in [-0.1, -0.05) is 36.4 Å². The quantitative estimate of drug-likeness (QED) is 0.151.